The number of carbonyl (C=O) groups excluding carboxylic acids is 1. The van der Waals surface area contributed by atoms with Crippen LogP contribution in [0.25, 0.3) is 0 Å². The molecule has 0 radical (unpaired) electrons. The van der Waals surface area contributed by atoms with Crippen LogP contribution in [0.4, 0.5) is 11.5 Å². The molecular weight excluding hydrogens is 222 g/mol. The molecule has 6 nitrogen and oxygen atoms in total. The fourth-order valence-electron chi connectivity index (χ4n) is 1.42. The van der Waals surface area contributed by atoms with Crippen molar-refractivity contribution in [1.82, 2.24) is 4.98 Å². The zero-order valence-electron chi connectivity index (χ0n) is 9.60. The molecule has 6 heteroatoms. The van der Waals surface area contributed by atoms with Gasteiger partial charge < -0.3 is 20.5 Å². The van der Waals surface area contributed by atoms with Gasteiger partial charge in [-0.15, -0.1) is 0 Å². The molecule has 0 bridgehead atoms. The van der Waals surface area contributed by atoms with E-state index in [4.69, 9.17) is 15.2 Å². The average Bonchev–Trinajstić information content (AvgIpc) is 2.17. The van der Waals surface area contributed by atoms with Crippen LogP contribution in [0.2, 0.25) is 0 Å². The van der Waals surface area contributed by atoms with Gasteiger partial charge in [-0.25, -0.2) is 4.98 Å². The Hall–Kier alpha value is -1.82. The van der Waals surface area contributed by atoms with E-state index in [1.165, 1.54) is 13.1 Å². The molecule has 17 heavy (non-hydrogen) atoms. The third-order valence-corrected chi connectivity index (χ3v) is 2.38. The lowest BCUT2D eigenvalue weighted by Gasteiger charge is -2.25. The number of rotatable bonds is 4. The third-order valence-electron chi connectivity index (χ3n) is 2.38. The molecule has 1 aromatic rings. The molecular formula is C11H15N3O3. The van der Waals surface area contributed by atoms with Crippen LogP contribution < -0.4 is 15.8 Å². The molecule has 2 rings (SSSR count). The highest BCUT2D eigenvalue weighted by molar-refractivity contribution is 5.88. The number of nitrogens with two attached hydrogens (primary N) is 1. The topological polar surface area (TPSA) is 86.5 Å². The number of nitrogen functional groups attached to an aromatic ring is 1. The number of aromatic nitrogens is 1. The molecule has 1 aliphatic heterocycles. The third kappa shape index (κ3) is 3.07. The molecule has 0 atom stereocenters. The fraction of sp³-hybridized carbons (Fsp3) is 0.455. The Balaban J connectivity index is 1.95. The Morgan fingerprint density at radius 2 is 2.47 bits per heavy atom. The van der Waals surface area contributed by atoms with Gasteiger partial charge in [0.15, 0.2) is 5.75 Å². The van der Waals surface area contributed by atoms with Gasteiger partial charge in [-0.05, 0) is 0 Å². The smallest absolute Gasteiger partial charge is 0.222 e. The minimum atomic E-state index is -0.183. The molecule has 0 aromatic carbocycles. The van der Waals surface area contributed by atoms with Crippen LogP contribution in [0.15, 0.2) is 12.3 Å². The molecule has 1 amide bonds. The second-order valence-electron chi connectivity index (χ2n) is 4.00. The summed E-state index contributed by atoms with van der Waals surface area (Å²) in [6, 6.07) is 1.58. The number of hydrogen-bond acceptors (Lipinski definition) is 5. The van der Waals surface area contributed by atoms with Gasteiger partial charge >= 0.3 is 0 Å². The van der Waals surface area contributed by atoms with Crippen LogP contribution in [-0.4, -0.2) is 30.7 Å². The molecule has 3 N–H and O–H groups in total. The number of nitrogens with zero attached hydrogens (tertiary/aromatic N) is 1. The summed E-state index contributed by atoms with van der Waals surface area (Å²) in [5.74, 6) is 1.21. The van der Waals surface area contributed by atoms with Gasteiger partial charge in [0, 0.05) is 18.9 Å². The Kier molecular flexibility index (Phi) is 3.43. The highest BCUT2D eigenvalue weighted by atomic mass is 16.5. The first-order chi connectivity index (χ1) is 8.15. The number of ether oxygens (including phenoxy) is 2. The Labute approximate surface area is 99.1 Å². The second kappa shape index (κ2) is 5.01. The molecule has 0 aliphatic carbocycles. The monoisotopic (exact) mass is 237 g/mol. The number of nitrogens with one attached hydrogen (secondary N) is 1. The zero-order chi connectivity index (χ0) is 12.3. The number of carbonyl (C=O) groups is 1. The highest BCUT2D eigenvalue weighted by Crippen LogP contribution is 2.24. The van der Waals surface area contributed by atoms with Crippen molar-refractivity contribution < 1.29 is 14.3 Å². The Bertz CT molecular complexity index is 418. The van der Waals surface area contributed by atoms with E-state index in [1.807, 2.05) is 0 Å². The minimum absolute atomic E-state index is 0.183. The van der Waals surface area contributed by atoms with Crippen molar-refractivity contribution >= 4 is 17.4 Å². The largest absolute Gasteiger partial charge is 0.489 e. The lowest BCUT2D eigenvalue weighted by atomic mass is 10.1. The van der Waals surface area contributed by atoms with Crippen molar-refractivity contribution in [3.8, 4) is 5.75 Å². The Morgan fingerprint density at radius 3 is 3.00 bits per heavy atom. The summed E-state index contributed by atoms with van der Waals surface area (Å²) in [7, 11) is 0. The summed E-state index contributed by atoms with van der Waals surface area (Å²) < 4.78 is 10.6. The van der Waals surface area contributed by atoms with Crippen molar-refractivity contribution in [3.63, 3.8) is 0 Å². The van der Waals surface area contributed by atoms with Crippen LogP contribution in [-0.2, 0) is 9.53 Å². The SMILES string of the molecule is CC(=O)Nc1cc(N)c(OCC2COC2)cn1. The lowest BCUT2D eigenvalue weighted by Crippen LogP contribution is -2.32. The normalized spacial score (nSPS) is 15.1. The first-order valence-electron chi connectivity index (χ1n) is 5.39. The average molecular weight is 237 g/mol. The van der Waals surface area contributed by atoms with Gasteiger partial charge in [0.25, 0.3) is 0 Å². The van der Waals surface area contributed by atoms with Gasteiger partial charge in [-0.1, -0.05) is 0 Å². The van der Waals surface area contributed by atoms with Crippen LogP contribution in [0.1, 0.15) is 6.92 Å². The van der Waals surface area contributed by atoms with E-state index < -0.39 is 0 Å². The van der Waals surface area contributed by atoms with E-state index in [0.29, 0.717) is 29.8 Å². The maximum Gasteiger partial charge on any atom is 0.222 e. The van der Waals surface area contributed by atoms with Crippen LogP contribution in [0.5, 0.6) is 5.75 Å². The van der Waals surface area contributed by atoms with E-state index in [1.54, 1.807) is 6.07 Å². The quantitative estimate of drug-likeness (QED) is 0.802. The van der Waals surface area contributed by atoms with E-state index in [-0.39, 0.29) is 5.91 Å². The minimum Gasteiger partial charge on any atom is -0.489 e. The van der Waals surface area contributed by atoms with Crippen LogP contribution in [0.3, 0.4) is 0 Å². The van der Waals surface area contributed by atoms with Crippen molar-refractivity contribution in [2.75, 3.05) is 30.9 Å². The van der Waals surface area contributed by atoms with Crippen molar-refractivity contribution in [2.45, 2.75) is 6.92 Å². The van der Waals surface area contributed by atoms with Gasteiger partial charge in [0.2, 0.25) is 5.91 Å². The molecule has 92 valence electrons. The summed E-state index contributed by atoms with van der Waals surface area (Å²) in [6.07, 6.45) is 1.51. The summed E-state index contributed by atoms with van der Waals surface area (Å²) in [4.78, 5) is 14.9. The Morgan fingerprint density at radius 1 is 1.71 bits per heavy atom. The number of pyridine rings is 1. The van der Waals surface area contributed by atoms with Gasteiger partial charge in [0.1, 0.15) is 5.82 Å². The van der Waals surface area contributed by atoms with E-state index >= 15 is 0 Å². The first-order valence-corrected chi connectivity index (χ1v) is 5.39. The van der Waals surface area contributed by atoms with Crippen molar-refractivity contribution in [1.29, 1.82) is 0 Å². The molecule has 0 spiro atoms. The molecule has 1 aliphatic rings. The van der Waals surface area contributed by atoms with Gasteiger partial charge in [-0.3, -0.25) is 4.79 Å². The standard InChI is InChI=1S/C11H15N3O3/c1-7(15)14-11-2-9(12)10(3-13-11)17-6-8-4-16-5-8/h2-3,8H,4-6H2,1H3,(H3,12,13,14,15). The maximum atomic E-state index is 10.8. The van der Waals surface area contributed by atoms with Crippen molar-refractivity contribution in [2.24, 2.45) is 5.92 Å². The number of anilines is 2. The molecule has 1 saturated heterocycles. The van der Waals surface area contributed by atoms with Crippen LogP contribution in [0, 0.1) is 5.92 Å². The zero-order valence-corrected chi connectivity index (χ0v) is 9.60. The van der Waals surface area contributed by atoms with Crippen LogP contribution >= 0.6 is 0 Å². The second-order valence-corrected chi connectivity index (χ2v) is 4.00. The molecule has 1 fully saturated rings. The predicted molar refractivity (Wildman–Crippen MR) is 62.8 cm³/mol. The summed E-state index contributed by atoms with van der Waals surface area (Å²) in [5, 5.41) is 2.55. The number of amides is 1. The van der Waals surface area contributed by atoms with Gasteiger partial charge in [-0.2, -0.15) is 0 Å². The fourth-order valence-corrected chi connectivity index (χ4v) is 1.42. The van der Waals surface area contributed by atoms with E-state index in [9.17, 15) is 4.79 Å². The first kappa shape index (κ1) is 11.7. The van der Waals surface area contributed by atoms with Crippen molar-refractivity contribution in [3.05, 3.63) is 12.3 Å². The lowest BCUT2D eigenvalue weighted by molar-refractivity contribution is -0.114. The van der Waals surface area contributed by atoms with E-state index in [2.05, 4.69) is 10.3 Å². The summed E-state index contributed by atoms with van der Waals surface area (Å²) in [5.41, 5.74) is 6.26. The van der Waals surface area contributed by atoms with E-state index in [0.717, 1.165) is 13.2 Å². The summed E-state index contributed by atoms with van der Waals surface area (Å²) in [6.45, 7) is 3.46. The van der Waals surface area contributed by atoms with Gasteiger partial charge in [0.05, 0.1) is 31.7 Å². The highest BCUT2D eigenvalue weighted by Gasteiger charge is 2.19. The maximum absolute atomic E-state index is 10.8. The summed E-state index contributed by atoms with van der Waals surface area (Å²) >= 11 is 0. The molecule has 0 unspecified atom stereocenters. The molecule has 0 saturated carbocycles. The molecule has 1 aromatic heterocycles. The molecule has 2 heterocycles. The predicted octanol–water partition coefficient (Wildman–Crippen LogP) is 0.647. The number of hydrogen-bond donors (Lipinski definition) is 2.